The first-order chi connectivity index (χ1) is 17.9. The number of halogens is 2. The van der Waals surface area contributed by atoms with Crippen molar-refractivity contribution in [3.05, 3.63) is 58.1 Å². The van der Waals surface area contributed by atoms with Crippen LogP contribution in [0.5, 0.6) is 5.75 Å². The number of rotatable bonds is 14. The Morgan fingerprint density at radius 3 is 2.39 bits per heavy atom. The van der Waals surface area contributed by atoms with Crippen LogP contribution in [0.25, 0.3) is 0 Å². The van der Waals surface area contributed by atoms with E-state index >= 15 is 0 Å². The molecule has 0 radical (unpaired) electrons. The van der Waals surface area contributed by atoms with Crippen LogP contribution in [0.15, 0.2) is 42.5 Å². The molecule has 2 amide bonds. The van der Waals surface area contributed by atoms with E-state index in [0.29, 0.717) is 17.2 Å². The van der Waals surface area contributed by atoms with Crippen molar-refractivity contribution >= 4 is 50.7 Å². The summed E-state index contributed by atoms with van der Waals surface area (Å²) in [5, 5.41) is 3.56. The minimum Gasteiger partial charge on any atom is -0.497 e. The number of carbonyl (C=O) groups excluding carboxylic acids is 2. The lowest BCUT2D eigenvalue weighted by atomic mass is 10.1. The van der Waals surface area contributed by atoms with Gasteiger partial charge in [0.1, 0.15) is 11.8 Å². The van der Waals surface area contributed by atoms with Gasteiger partial charge >= 0.3 is 0 Å². The van der Waals surface area contributed by atoms with E-state index < -0.39 is 16.1 Å². The van der Waals surface area contributed by atoms with E-state index in [0.717, 1.165) is 22.5 Å². The summed E-state index contributed by atoms with van der Waals surface area (Å²) in [6, 6.07) is 11.2. The highest BCUT2D eigenvalue weighted by molar-refractivity contribution is 7.92. The largest absolute Gasteiger partial charge is 0.497 e. The minimum atomic E-state index is -3.70. The number of hydrogen-bond acceptors (Lipinski definition) is 5. The van der Waals surface area contributed by atoms with E-state index in [4.69, 9.17) is 27.9 Å². The fraction of sp³-hybridized carbons (Fsp3) is 0.481. The molecule has 0 unspecified atom stereocenters. The van der Waals surface area contributed by atoms with Gasteiger partial charge in [-0.1, -0.05) is 49.2 Å². The topological polar surface area (TPSA) is 96.0 Å². The highest BCUT2D eigenvalue weighted by Gasteiger charge is 2.29. The molecule has 0 spiro atoms. The average molecular weight is 587 g/mol. The Labute approximate surface area is 236 Å². The summed E-state index contributed by atoms with van der Waals surface area (Å²) >= 11 is 12.3. The number of methoxy groups -OCH3 is 1. The highest BCUT2D eigenvalue weighted by atomic mass is 35.5. The molecular formula is C27H37Cl2N3O5S. The molecule has 2 aromatic rings. The van der Waals surface area contributed by atoms with Crippen LogP contribution >= 0.6 is 23.2 Å². The zero-order chi connectivity index (χ0) is 28.5. The molecule has 11 heteroatoms. The van der Waals surface area contributed by atoms with Gasteiger partial charge in [0.2, 0.25) is 21.8 Å². The summed E-state index contributed by atoms with van der Waals surface area (Å²) in [6.45, 7) is 5.98. The van der Waals surface area contributed by atoms with Crippen molar-refractivity contribution in [1.29, 1.82) is 0 Å². The highest BCUT2D eigenvalue weighted by Crippen LogP contribution is 2.31. The van der Waals surface area contributed by atoms with Crippen LogP contribution in [0.1, 0.15) is 52.0 Å². The standard InChI is InChI=1S/C27H37Cl2N3O5S/c1-6-19(3)30-27(34)24(7-2)31(18-20-10-8-11-22(16-20)37-4)26(33)12-9-15-32(38(5,35)36)25-17-21(28)13-14-23(25)29/h8,10-11,13-14,16-17,19,24H,6-7,9,12,15,18H2,1-5H3,(H,30,34)/t19-,24+/m0/s1. The summed E-state index contributed by atoms with van der Waals surface area (Å²) in [4.78, 5) is 28.2. The predicted molar refractivity (Wildman–Crippen MR) is 153 cm³/mol. The molecule has 2 atom stereocenters. The number of sulfonamides is 1. The van der Waals surface area contributed by atoms with Crippen LogP contribution in [-0.4, -0.2) is 57.1 Å². The molecule has 8 nitrogen and oxygen atoms in total. The molecular weight excluding hydrogens is 549 g/mol. The van der Waals surface area contributed by atoms with E-state index in [-0.39, 0.29) is 54.5 Å². The molecule has 0 aliphatic carbocycles. The van der Waals surface area contributed by atoms with E-state index in [1.165, 1.54) is 12.1 Å². The van der Waals surface area contributed by atoms with Crippen molar-refractivity contribution in [3.8, 4) is 5.75 Å². The number of anilines is 1. The summed E-state index contributed by atoms with van der Waals surface area (Å²) in [7, 11) is -2.13. The number of hydrogen-bond donors (Lipinski definition) is 1. The lowest BCUT2D eigenvalue weighted by Crippen LogP contribution is -2.50. The zero-order valence-corrected chi connectivity index (χ0v) is 24.9. The molecule has 0 saturated carbocycles. The third-order valence-corrected chi connectivity index (χ3v) is 7.94. The van der Waals surface area contributed by atoms with E-state index in [2.05, 4.69) is 5.32 Å². The Morgan fingerprint density at radius 1 is 1.08 bits per heavy atom. The lowest BCUT2D eigenvalue weighted by molar-refractivity contribution is -0.141. The van der Waals surface area contributed by atoms with Gasteiger partial charge in [0, 0.05) is 30.6 Å². The van der Waals surface area contributed by atoms with Gasteiger partial charge in [-0.3, -0.25) is 13.9 Å². The van der Waals surface area contributed by atoms with Crippen molar-refractivity contribution in [2.24, 2.45) is 0 Å². The molecule has 210 valence electrons. The van der Waals surface area contributed by atoms with Crippen molar-refractivity contribution < 1.29 is 22.7 Å². The van der Waals surface area contributed by atoms with E-state index in [1.54, 1.807) is 18.1 Å². The average Bonchev–Trinajstić information content (AvgIpc) is 2.87. The molecule has 2 rings (SSSR count). The first kappa shape index (κ1) is 31.7. The molecule has 2 aromatic carbocycles. The Kier molecular flexibility index (Phi) is 12.2. The number of ether oxygens (including phenoxy) is 1. The molecule has 0 bridgehead atoms. The second-order valence-corrected chi connectivity index (χ2v) is 11.9. The lowest BCUT2D eigenvalue weighted by Gasteiger charge is -2.32. The normalized spacial score (nSPS) is 12.9. The fourth-order valence-corrected chi connectivity index (χ4v) is 5.39. The first-order valence-corrected chi connectivity index (χ1v) is 15.2. The maximum Gasteiger partial charge on any atom is 0.243 e. The summed E-state index contributed by atoms with van der Waals surface area (Å²) < 4.78 is 31.6. The minimum absolute atomic E-state index is 0.0213. The van der Waals surface area contributed by atoms with Crippen LogP contribution in [0.3, 0.4) is 0 Å². The molecule has 0 aliphatic rings. The van der Waals surface area contributed by atoms with E-state index in [1.807, 2.05) is 45.0 Å². The van der Waals surface area contributed by atoms with Crippen LogP contribution in [0.4, 0.5) is 5.69 Å². The first-order valence-electron chi connectivity index (χ1n) is 12.6. The van der Waals surface area contributed by atoms with Gasteiger partial charge in [0.15, 0.2) is 0 Å². The molecule has 1 N–H and O–H groups in total. The van der Waals surface area contributed by atoms with Crippen LogP contribution < -0.4 is 14.4 Å². The van der Waals surface area contributed by atoms with Crippen LogP contribution in [0, 0.1) is 0 Å². The monoisotopic (exact) mass is 585 g/mol. The van der Waals surface area contributed by atoms with Crippen molar-refractivity contribution in [1.82, 2.24) is 10.2 Å². The predicted octanol–water partition coefficient (Wildman–Crippen LogP) is 5.27. The van der Waals surface area contributed by atoms with Gasteiger partial charge in [-0.2, -0.15) is 0 Å². The maximum atomic E-state index is 13.6. The van der Waals surface area contributed by atoms with Gasteiger partial charge in [0.25, 0.3) is 0 Å². The van der Waals surface area contributed by atoms with Gasteiger partial charge in [-0.05, 0) is 62.1 Å². The van der Waals surface area contributed by atoms with Gasteiger partial charge in [-0.15, -0.1) is 0 Å². The third kappa shape index (κ3) is 9.06. The van der Waals surface area contributed by atoms with Crippen molar-refractivity contribution in [3.63, 3.8) is 0 Å². The fourth-order valence-electron chi connectivity index (χ4n) is 3.99. The molecule has 0 saturated heterocycles. The Hall–Kier alpha value is -2.49. The summed E-state index contributed by atoms with van der Waals surface area (Å²) in [5.41, 5.74) is 1.07. The summed E-state index contributed by atoms with van der Waals surface area (Å²) in [5.74, 6) is 0.167. The SMILES string of the molecule is CC[C@H](C(=O)N[C@@H](C)CC)N(Cc1cccc(OC)c1)C(=O)CCCN(c1cc(Cl)ccc1Cl)S(C)(=O)=O. The zero-order valence-electron chi connectivity index (χ0n) is 22.5. The quantitative estimate of drug-likeness (QED) is 0.326. The van der Waals surface area contributed by atoms with Crippen molar-refractivity contribution in [2.45, 2.75) is 65.1 Å². The molecule has 0 aromatic heterocycles. The second-order valence-electron chi connectivity index (χ2n) is 9.15. The summed E-state index contributed by atoms with van der Waals surface area (Å²) in [6.07, 6.45) is 2.51. The maximum absolute atomic E-state index is 13.6. The second kappa shape index (κ2) is 14.6. The van der Waals surface area contributed by atoms with Crippen molar-refractivity contribution in [2.75, 3.05) is 24.2 Å². The van der Waals surface area contributed by atoms with Gasteiger partial charge < -0.3 is 15.0 Å². The van der Waals surface area contributed by atoms with Gasteiger partial charge in [-0.25, -0.2) is 8.42 Å². The Morgan fingerprint density at radius 2 is 1.79 bits per heavy atom. The number of carbonyl (C=O) groups is 2. The number of nitrogens with zero attached hydrogens (tertiary/aromatic N) is 2. The molecule has 0 heterocycles. The van der Waals surface area contributed by atoms with Crippen LogP contribution in [-0.2, 0) is 26.2 Å². The third-order valence-electron chi connectivity index (χ3n) is 6.20. The Bertz CT molecular complexity index is 1210. The molecule has 0 aliphatic heterocycles. The molecule has 38 heavy (non-hydrogen) atoms. The number of amides is 2. The number of benzene rings is 2. The van der Waals surface area contributed by atoms with E-state index in [9.17, 15) is 18.0 Å². The Balaban J connectivity index is 2.28. The van der Waals surface area contributed by atoms with Gasteiger partial charge in [0.05, 0.1) is 24.1 Å². The number of nitrogens with one attached hydrogen (secondary N) is 1. The smallest absolute Gasteiger partial charge is 0.243 e. The molecule has 0 fully saturated rings. The van der Waals surface area contributed by atoms with Crippen LogP contribution in [0.2, 0.25) is 10.0 Å².